The van der Waals surface area contributed by atoms with Crippen molar-refractivity contribution in [3.8, 4) is 0 Å². The van der Waals surface area contributed by atoms with E-state index in [4.69, 9.17) is 4.18 Å². The Bertz CT molecular complexity index is 1260. The molecule has 2 heterocycles. The van der Waals surface area contributed by atoms with Gasteiger partial charge in [0.05, 0.1) is 18.2 Å². The number of aliphatic hydroxyl groups is 1. The van der Waals surface area contributed by atoms with Gasteiger partial charge in [0.25, 0.3) is 0 Å². The molecule has 2 aromatic heterocycles. The van der Waals surface area contributed by atoms with Crippen LogP contribution in [0.4, 0.5) is 10.2 Å². The Labute approximate surface area is 195 Å². The van der Waals surface area contributed by atoms with Crippen molar-refractivity contribution in [3.63, 3.8) is 0 Å². The zero-order chi connectivity index (χ0) is 24.3. The molecule has 180 valence electrons. The Morgan fingerprint density at radius 2 is 2.06 bits per heavy atom. The zero-order valence-electron chi connectivity index (χ0n) is 18.1. The lowest BCUT2D eigenvalue weighted by molar-refractivity contribution is 0.0248. The number of nitrogens with zero attached hydrogens (tertiary/aromatic N) is 4. The summed E-state index contributed by atoms with van der Waals surface area (Å²) in [5, 5.41) is 17.2. The number of hydrogen-bond acceptors (Lipinski definition) is 9. The number of anilines is 1. The largest absolute Gasteiger partial charge is 0.387 e. The van der Waals surface area contributed by atoms with E-state index in [1.54, 1.807) is 16.9 Å². The minimum atomic E-state index is -4.13. The summed E-state index contributed by atoms with van der Waals surface area (Å²) < 4.78 is 46.4. The molecule has 3 N–H and O–H groups in total. The zero-order valence-corrected chi connectivity index (χ0v) is 18.9. The van der Waals surface area contributed by atoms with Crippen LogP contribution in [0.1, 0.15) is 28.0 Å². The maximum atomic E-state index is 14.7. The highest BCUT2D eigenvalue weighted by atomic mass is 32.2. The van der Waals surface area contributed by atoms with Crippen LogP contribution in [0.5, 0.6) is 0 Å². The summed E-state index contributed by atoms with van der Waals surface area (Å²) in [7, 11) is -2.99. The lowest BCUT2D eigenvalue weighted by Gasteiger charge is -2.17. The topological polar surface area (TPSA) is 148 Å². The highest BCUT2D eigenvalue weighted by Gasteiger charge is 2.46. The molecule has 0 amide bonds. The summed E-state index contributed by atoms with van der Waals surface area (Å²) in [6, 6.07) is 10.1. The van der Waals surface area contributed by atoms with Gasteiger partial charge in [-0.1, -0.05) is 30.3 Å². The molecule has 0 aliphatic heterocycles. The second-order valence-electron chi connectivity index (χ2n) is 7.71. The lowest BCUT2D eigenvalue weighted by Crippen LogP contribution is -2.35. The lowest BCUT2D eigenvalue weighted by atomic mass is 10.1. The monoisotopic (exact) mass is 490 g/mol. The molecular formula is C21H23FN6O5S. The number of halogens is 1. The van der Waals surface area contributed by atoms with E-state index >= 15 is 0 Å². The van der Waals surface area contributed by atoms with Crippen LogP contribution in [-0.4, -0.2) is 70.5 Å². The fourth-order valence-corrected chi connectivity index (χ4v) is 4.29. The number of alkyl halides is 1. The third-order valence-electron chi connectivity index (χ3n) is 5.42. The average Bonchev–Trinajstić information content (AvgIpc) is 3.40. The van der Waals surface area contributed by atoms with E-state index in [0.717, 1.165) is 12.6 Å². The number of nitrogens with one attached hydrogen (secondary N) is 2. The Morgan fingerprint density at radius 1 is 1.29 bits per heavy atom. The van der Waals surface area contributed by atoms with Crippen LogP contribution in [0.25, 0.3) is 0 Å². The summed E-state index contributed by atoms with van der Waals surface area (Å²) in [4.78, 5) is 21.0. The van der Waals surface area contributed by atoms with Gasteiger partial charge in [0.15, 0.2) is 0 Å². The van der Waals surface area contributed by atoms with Gasteiger partial charge in [-0.05, 0) is 11.6 Å². The molecule has 13 heteroatoms. The molecule has 11 nitrogen and oxygen atoms in total. The van der Waals surface area contributed by atoms with Crippen LogP contribution >= 0.6 is 0 Å². The number of aliphatic hydroxyl groups excluding tert-OH is 1. The molecule has 4 rings (SSSR count). The van der Waals surface area contributed by atoms with E-state index in [1.165, 1.54) is 12.5 Å². The van der Waals surface area contributed by atoms with E-state index in [-0.39, 0.29) is 23.5 Å². The van der Waals surface area contributed by atoms with Crippen molar-refractivity contribution >= 4 is 21.9 Å². The maximum Gasteiger partial charge on any atom is 0.335 e. The molecule has 0 spiro atoms. The first kappa shape index (κ1) is 23.9. The van der Waals surface area contributed by atoms with Gasteiger partial charge in [-0.2, -0.15) is 18.2 Å². The molecule has 0 saturated heterocycles. The first-order valence-electron chi connectivity index (χ1n) is 10.4. The number of benzene rings is 1. The van der Waals surface area contributed by atoms with Crippen molar-refractivity contribution in [1.29, 1.82) is 0 Å². The molecule has 3 aromatic rings. The van der Waals surface area contributed by atoms with Gasteiger partial charge in [-0.3, -0.25) is 13.7 Å². The molecule has 1 aromatic carbocycles. The van der Waals surface area contributed by atoms with E-state index < -0.39 is 40.5 Å². The Hall–Kier alpha value is -3.26. The number of rotatable bonds is 9. The minimum absolute atomic E-state index is 0.0367. The number of carbonyl (C=O) groups is 1. The molecule has 0 unspecified atom stereocenters. The number of aromatic nitrogens is 4. The molecule has 0 bridgehead atoms. The van der Waals surface area contributed by atoms with E-state index in [9.17, 15) is 22.7 Å². The third-order valence-corrected chi connectivity index (χ3v) is 6.42. The van der Waals surface area contributed by atoms with Crippen LogP contribution in [0.2, 0.25) is 0 Å². The number of carbonyl (C=O) groups excluding carboxylic acids is 1. The number of hydrogen-bond donors (Lipinski definition) is 3. The van der Waals surface area contributed by atoms with Crippen molar-refractivity contribution in [3.05, 3.63) is 71.9 Å². The van der Waals surface area contributed by atoms with Crippen molar-refractivity contribution < 1.29 is 26.9 Å². The van der Waals surface area contributed by atoms with Crippen LogP contribution in [-0.2, 0) is 21.0 Å². The predicted molar refractivity (Wildman–Crippen MR) is 119 cm³/mol. The molecule has 0 radical (unpaired) electrons. The fourth-order valence-electron chi connectivity index (χ4n) is 3.67. The molecule has 1 saturated carbocycles. The van der Waals surface area contributed by atoms with Crippen molar-refractivity contribution in [2.45, 2.75) is 37.4 Å². The standard InChI is InChI=1S/C21H23FN6O5S/c1-23-34(31,32)33-17-9-16(18(22)20(17)30)26-21-14(10-24-12-25-21)19(29)15-7-8-28(27-15)11-13-5-3-2-4-6-13/h2-8,10,12,16-18,20,23,30H,9,11H2,1H3,(H,24,25,26)/t16-,17-,18+,20-/m1/s1. The van der Waals surface area contributed by atoms with Gasteiger partial charge < -0.3 is 10.4 Å². The van der Waals surface area contributed by atoms with Crippen LogP contribution in [0, 0.1) is 0 Å². The Morgan fingerprint density at radius 3 is 2.79 bits per heavy atom. The molecule has 34 heavy (non-hydrogen) atoms. The van der Waals surface area contributed by atoms with Gasteiger partial charge in [-0.15, -0.1) is 0 Å². The molecular weight excluding hydrogens is 467 g/mol. The van der Waals surface area contributed by atoms with Crippen molar-refractivity contribution in [2.24, 2.45) is 0 Å². The van der Waals surface area contributed by atoms with E-state index in [2.05, 4.69) is 20.4 Å². The first-order chi connectivity index (χ1) is 16.3. The second-order valence-corrected chi connectivity index (χ2v) is 9.22. The van der Waals surface area contributed by atoms with E-state index in [1.807, 2.05) is 35.1 Å². The average molecular weight is 491 g/mol. The smallest absolute Gasteiger partial charge is 0.335 e. The second kappa shape index (κ2) is 9.93. The normalized spacial score (nSPS) is 22.6. The Balaban J connectivity index is 1.50. The predicted octanol–water partition coefficient (Wildman–Crippen LogP) is 0.685. The first-order valence-corrected chi connectivity index (χ1v) is 11.8. The third kappa shape index (κ3) is 5.28. The maximum absolute atomic E-state index is 14.7. The molecule has 4 atom stereocenters. The molecule has 1 fully saturated rings. The summed E-state index contributed by atoms with van der Waals surface area (Å²) in [5.74, 6) is -0.441. The fraction of sp³-hybridized carbons (Fsp3) is 0.333. The van der Waals surface area contributed by atoms with E-state index in [0.29, 0.717) is 6.54 Å². The SMILES string of the molecule is CNS(=O)(=O)O[C@@H]1C[C@@H](Nc2ncncc2C(=O)c2ccn(Cc3ccccc3)n2)[C@H](F)[C@@H]1O. The van der Waals surface area contributed by atoms with Gasteiger partial charge in [-0.25, -0.2) is 14.4 Å². The van der Waals surface area contributed by atoms with Gasteiger partial charge in [0.2, 0.25) is 5.78 Å². The highest BCUT2D eigenvalue weighted by molar-refractivity contribution is 7.84. The Kier molecular flexibility index (Phi) is 6.97. The van der Waals surface area contributed by atoms with Crippen LogP contribution in [0.15, 0.2) is 55.1 Å². The quantitative estimate of drug-likeness (QED) is 0.368. The minimum Gasteiger partial charge on any atom is -0.387 e. The highest BCUT2D eigenvalue weighted by Crippen LogP contribution is 2.30. The van der Waals surface area contributed by atoms with Crippen LogP contribution in [0.3, 0.4) is 0 Å². The molecule has 1 aliphatic carbocycles. The number of ketones is 1. The summed E-state index contributed by atoms with van der Waals surface area (Å²) in [5.41, 5.74) is 1.22. The summed E-state index contributed by atoms with van der Waals surface area (Å²) in [6.45, 7) is 0.477. The van der Waals surface area contributed by atoms with Gasteiger partial charge in [0, 0.05) is 25.9 Å². The van der Waals surface area contributed by atoms with Crippen molar-refractivity contribution in [1.82, 2.24) is 24.5 Å². The summed E-state index contributed by atoms with van der Waals surface area (Å²) >= 11 is 0. The van der Waals surface area contributed by atoms with Gasteiger partial charge in [0.1, 0.15) is 36.2 Å². The van der Waals surface area contributed by atoms with Crippen LogP contribution < -0.4 is 10.0 Å². The van der Waals surface area contributed by atoms with Crippen molar-refractivity contribution in [2.75, 3.05) is 12.4 Å². The molecule has 1 aliphatic rings. The summed E-state index contributed by atoms with van der Waals surface area (Å²) in [6.07, 6.45) is -0.884. The van der Waals surface area contributed by atoms with Gasteiger partial charge >= 0.3 is 10.3 Å².